The van der Waals surface area contributed by atoms with E-state index >= 15 is 0 Å². The fourth-order valence-electron chi connectivity index (χ4n) is 3.21. The molecule has 0 atom stereocenters. The predicted octanol–water partition coefficient (Wildman–Crippen LogP) is 0.303. The van der Waals surface area contributed by atoms with E-state index in [1.807, 2.05) is 0 Å². The molecule has 9 heteroatoms. The van der Waals surface area contributed by atoms with Crippen LogP contribution in [0.3, 0.4) is 0 Å². The predicted molar refractivity (Wildman–Crippen MR) is 95.0 cm³/mol. The Hall–Kier alpha value is -2.42. The molecule has 0 spiro atoms. The van der Waals surface area contributed by atoms with Crippen LogP contribution in [0.2, 0.25) is 0 Å². The smallest absolute Gasteiger partial charge is 0.253 e. The highest BCUT2D eigenvalue weighted by atomic mass is 32.2. The van der Waals surface area contributed by atoms with Crippen molar-refractivity contribution in [1.82, 2.24) is 9.80 Å². The average molecular weight is 379 g/mol. The summed E-state index contributed by atoms with van der Waals surface area (Å²) in [5.41, 5.74) is -0.314. The van der Waals surface area contributed by atoms with Crippen LogP contribution in [0.25, 0.3) is 0 Å². The molecule has 3 rings (SSSR count). The highest BCUT2D eigenvalue weighted by Crippen LogP contribution is 2.35. The molecule has 1 aromatic carbocycles. The summed E-state index contributed by atoms with van der Waals surface area (Å²) in [6.07, 6.45) is 0.769. The first-order valence-corrected chi connectivity index (χ1v) is 9.93. The van der Waals surface area contributed by atoms with Gasteiger partial charge in [0.25, 0.3) is 5.91 Å². The first kappa shape index (κ1) is 18.4. The summed E-state index contributed by atoms with van der Waals surface area (Å²) in [4.78, 5) is 38.9. The summed E-state index contributed by atoms with van der Waals surface area (Å²) in [7, 11) is -3.71. The van der Waals surface area contributed by atoms with Gasteiger partial charge in [0.05, 0.1) is 16.9 Å². The topological polar surface area (TPSA) is 95.1 Å². The van der Waals surface area contributed by atoms with E-state index in [1.54, 1.807) is 23.6 Å². The molecule has 0 unspecified atom stereocenters. The lowest BCUT2D eigenvalue weighted by Gasteiger charge is -2.32. The Morgan fingerprint density at radius 2 is 1.65 bits per heavy atom. The van der Waals surface area contributed by atoms with Gasteiger partial charge in [-0.1, -0.05) is 0 Å². The highest BCUT2D eigenvalue weighted by molar-refractivity contribution is 7.94. The van der Waals surface area contributed by atoms with Crippen LogP contribution in [0.5, 0.6) is 0 Å². The maximum absolute atomic E-state index is 12.5. The molecule has 0 saturated carbocycles. The minimum absolute atomic E-state index is 0.182. The van der Waals surface area contributed by atoms with Crippen molar-refractivity contribution in [2.75, 3.05) is 36.2 Å². The summed E-state index contributed by atoms with van der Waals surface area (Å²) in [5.74, 6) is -0.889. The van der Waals surface area contributed by atoms with Crippen molar-refractivity contribution in [1.29, 1.82) is 0 Å². The number of anilines is 1. The van der Waals surface area contributed by atoms with Crippen LogP contribution >= 0.6 is 0 Å². The van der Waals surface area contributed by atoms with Crippen molar-refractivity contribution < 1.29 is 22.8 Å². The first-order chi connectivity index (χ1) is 12.2. The summed E-state index contributed by atoms with van der Waals surface area (Å²) in [6.45, 7) is 5.08. The zero-order valence-corrected chi connectivity index (χ0v) is 15.5. The van der Waals surface area contributed by atoms with E-state index in [0.29, 0.717) is 31.7 Å². The third-order valence-electron chi connectivity index (χ3n) is 4.68. The Morgan fingerprint density at radius 3 is 2.12 bits per heavy atom. The van der Waals surface area contributed by atoms with Crippen molar-refractivity contribution >= 4 is 33.9 Å². The van der Waals surface area contributed by atoms with Crippen LogP contribution in [-0.2, 0) is 19.6 Å². The Bertz CT molecular complexity index is 840. The van der Waals surface area contributed by atoms with Crippen molar-refractivity contribution in [2.24, 2.45) is 5.41 Å². The van der Waals surface area contributed by atoms with Crippen molar-refractivity contribution in [2.45, 2.75) is 13.8 Å². The van der Waals surface area contributed by atoms with Crippen molar-refractivity contribution in [3.8, 4) is 0 Å². The largest absolute Gasteiger partial charge is 0.342 e. The van der Waals surface area contributed by atoms with Crippen LogP contribution in [0.4, 0.5) is 5.69 Å². The lowest BCUT2D eigenvalue weighted by molar-refractivity contribution is -0.123. The van der Waals surface area contributed by atoms with Gasteiger partial charge >= 0.3 is 0 Å². The quantitative estimate of drug-likeness (QED) is 0.704. The molecule has 2 aliphatic rings. The second kappa shape index (κ2) is 6.39. The molecule has 0 bridgehead atoms. The molecule has 0 aromatic heterocycles. The molecule has 1 aromatic rings. The fraction of sp³-hybridized carbons (Fsp3) is 0.471. The molecule has 0 N–H and O–H groups in total. The molecule has 2 saturated heterocycles. The molecule has 2 heterocycles. The van der Waals surface area contributed by atoms with Gasteiger partial charge in [0.1, 0.15) is 0 Å². The van der Waals surface area contributed by atoms with Crippen LogP contribution < -0.4 is 4.31 Å². The van der Waals surface area contributed by atoms with Crippen LogP contribution in [0, 0.1) is 5.41 Å². The molecule has 2 aliphatic heterocycles. The minimum atomic E-state index is -3.71. The van der Waals surface area contributed by atoms with Gasteiger partial charge in [0.2, 0.25) is 22.3 Å². The Balaban J connectivity index is 1.78. The number of piperazine rings is 1. The lowest BCUT2D eigenvalue weighted by Crippen LogP contribution is -2.48. The maximum Gasteiger partial charge on any atom is 0.253 e. The van der Waals surface area contributed by atoms with Crippen molar-refractivity contribution in [3.05, 3.63) is 29.8 Å². The molecule has 140 valence electrons. The molecular formula is C17H21N3O5S. The number of benzene rings is 1. The Morgan fingerprint density at radius 1 is 1.08 bits per heavy atom. The maximum atomic E-state index is 12.5. The van der Waals surface area contributed by atoms with E-state index < -0.39 is 21.3 Å². The Labute approximate surface area is 152 Å². The number of sulfonamides is 1. The zero-order valence-electron chi connectivity index (χ0n) is 14.7. The van der Waals surface area contributed by atoms with Crippen LogP contribution in [0.1, 0.15) is 24.2 Å². The third-order valence-corrected chi connectivity index (χ3v) is 6.70. The summed E-state index contributed by atoms with van der Waals surface area (Å²) >= 11 is 0. The minimum Gasteiger partial charge on any atom is -0.342 e. The van der Waals surface area contributed by atoms with Crippen LogP contribution in [0.15, 0.2) is 24.3 Å². The summed E-state index contributed by atoms with van der Waals surface area (Å²) in [5, 5.41) is 0. The average Bonchev–Trinajstić information content (AvgIpc) is 2.77. The second-order valence-corrected chi connectivity index (χ2v) is 9.01. The van der Waals surface area contributed by atoms with Crippen molar-refractivity contribution in [3.63, 3.8) is 0 Å². The fourth-order valence-corrected chi connectivity index (χ4v) is 5.32. The molecule has 26 heavy (non-hydrogen) atoms. The number of amides is 3. The van der Waals surface area contributed by atoms with Gasteiger partial charge in [-0.3, -0.25) is 14.4 Å². The monoisotopic (exact) mass is 379 g/mol. The molecule has 3 amide bonds. The molecule has 2 fully saturated rings. The second-order valence-electron chi connectivity index (χ2n) is 7.19. The molecular weight excluding hydrogens is 358 g/mol. The van der Waals surface area contributed by atoms with Gasteiger partial charge in [0.15, 0.2) is 0 Å². The lowest BCUT2D eigenvalue weighted by atomic mass is 9.95. The number of rotatable bonds is 3. The number of carbonyl (C=O) groups excluding carboxylic acids is 3. The summed E-state index contributed by atoms with van der Waals surface area (Å²) in [6, 6.07) is 6.01. The number of nitrogens with zero attached hydrogens (tertiary/aromatic N) is 3. The van der Waals surface area contributed by atoms with Gasteiger partial charge < -0.3 is 9.80 Å². The van der Waals surface area contributed by atoms with Gasteiger partial charge in [-0.05, 0) is 38.1 Å². The van der Waals surface area contributed by atoms with E-state index in [4.69, 9.17) is 0 Å². The standard InChI is InChI=1S/C17H21N3O5S/c1-17(2)11-26(24,25)20(16(17)23)14-5-3-13(4-6-14)15(22)19-9-7-18(12-21)8-10-19/h3-6,12H,7-11H2,1-2H3. The van der Waals surface area contributed by atoms with Gasteiger partial charge in [-0.2, -0.15) is 0 Å². The molecule has 0 radical (unpaired) electrons. The number of carbonyl (C=O) groups is 3. The number of hydrogen-bond donors (Lipinski definition) is 0. The third kappa shape index (κ3) is 3.18. The van der Waals surface area contributed by atoms with Gasteiger partial charge in [0, 0.05) is 31.7 Å². The van der Waals surface area contributed by atoms with E-state index in [2.05, 4.69) is 0 Å². The van der Waals surface area contributed by atoms with E-state index in [0.717, 1.165) is 10.7 Å². The zero-order chi connectivity index (χ0) is 19.1. The first-order valence-electron chi connectivity index (χ1n) is 8.32. The SMILES string of the molecule is CC1(C)CS(=O)(=O)N(c2ccc(C(=O)N3CCN(C=O)CC3)cc2)C1=O. The van der Waals surface area contributed by atoms with E-state index in [-0.39, 0.29) is 17.3 Å². The Kier molecular flexibility index (Phi) is 4.51. The van der Waals surface area contributed by atoms with E-state index in [9.17, 15) is 22.8 Å². The number of hydrogen-bond acceptors (Lipinski definition) is 5. The molecule has 0 aliphatic carbocycles. The normalized spacial score (nSPS) is 21.8. The highest BCUT2D eigenvalue weighted by Gasteiger charge is 2.49. The van der Waals surface area contributed by atoms with Gasteiger partial charge in [-0.25, -0.2) is 12.7 Å². The van der Waals surface area contributed by atoms with E-state index in [1.165, 1.54) is 24.3 Å². The van der Waals surface area contributed by atoms with Crippen LogP contribution in [-0.4, -0.2) is 68.4 Å². The summed E-state index contributed by atoms with van der Waals surface area (Å²) < 4.78 is 25.4. The van der Waals surface area contributed by atoms with Gasteiger partial charge in [-0.15, -0.1) is 0 Å². The molecule has 8 nitrogen and oxygen atoms in total.